The van der Waals surface area contributed by atoms with Crippen LogP contribution in [0.4, 0.5) is 0 Å². The summed E-state index contributed by atoms with van der Waals surface area (Å²) in [5, 5.41) is 3.79. The van der Waals surface area contributed by atoms with Gasteiger partial charge in [0.1, 0.15) is 0 Å². The van der Waals surface area contributed by atoms with Crippen molar-refractivity contribution >= 4 is 15.9 Å². The fraction of sp³-hybridized carbons (Fsp3) is 0.667. The summed E-state index contributed by atoms with van der Waals surface area (Å²) in [4.78, 5) is 2.72. The molecule has 0 radical (unpaired) electrons. The second kappa shape index (κ2) is 7.26. The molecule has 0 bridgehead atoms. The van der Waals surface area contributed by atoms with Crippen molar-refractivity contribution in [2.45, 2.75) is 58.7 Å². The number of nitrogens with one attached hydrogen (secondary N) is 1. The van der Waals surface area contributed by atoms with Crippen molar-refractivity contribution < 1.29 is 0 Å². The quantitative estimate of drug-likeness (QED) is 0.842. The average molecular weight is 353 g/mol. The third-order valence-electron chi connectivity index (χ3n) is 5.22. The van der Waals surface area contributed by atoms with E-state index >= 15 is 0 Å². The Bertz CT molecular complexity index is 454. The first-order valence-electron chi connectivity index (χ1n) is 8.24. The van der Waals surface area contributed by atoms with Gasteiger partial charge in [0.25, 0.3) is 0 Å². The number of rotatable bonds is 5. The zero-order valence-electron chi connectivity index (χ0n) is 13.8. The third kappa shape index (κ3) is 3.69. The Morgan fingerprint density at radius 3 is 2.52 bits per heavy atom. The van der Waals surface area contributed by atoms with Gasteiger partial charge in [0.2, 0.25) is 0 Å². The zero-order chi connectivity index (χ0) is 15.5. The molecule has 2 nitrogen and oxygen atoms in total. The molecule has 1 fully saturated rings. The largest absolute Gasteiger partial charge is 0.311 e. The molecule has 1 aromatic rings. The Labute approximate surface area is 138 Å². The lowest BCUT2D eigenvalue weighted by atomic mass is 9.85. The van der Waals surface area contributed by atoms with Crippen LogP contribution in [0, 0.1) is 5.92 Å². The minimum Gasteiger partial charge on any atom is -0.311 e. The van der Waals surface area contributed by atoms with Crippen molar-refractivity contribution in [3.05, 3.63) is 34.3 Å². The molecule has 21 heavy (non-hydrogen) atoms. The van der Waals surface area contributed by atoms with E-state index in [1.165, 1.54) is 22.9 Å². The highest BCUT2D eigenvalue weighted by Crippen LogP contribution is 2.31. The smallest absolute Gasteiger partial charge is 0.0333 e. The van der Waals surface area contributed by atoms with Crippen LogP contribution in [0.1, 0.15) is 46.1 Å². The van der Waals surface area contributed by atoms with E-state index < -0.39 is 0 Å². The van der Waals surface area contributed by atoms with Crippen LogP contribution in [0.5, 0.6) is 0 Å². The van der Waals surface area contributed by atoms with Crippen LogP contribution >= 0.6 is 15.9 Å². The molecular formula is C18H29BrN2. The molecule has 1 saturated heterocycles. The molecular weight excluding hydrogens is 324 g/mol. The number of benzene rings is 1. The Morgan fingerprint density at radius 2 is 1.95 bits per heavy atom. The van der Waals surface area contributed by atoms with Crippen LogP contribution < -0.4 is 5.32 Å². The summed E-state index contributed by atoms with van der Waals surface area (Å²) in [6.07, 6.45) is 2.40. The van der Waals surface area contributed by atoms with Gasteiger partial charge in [-0.1, -0.05) is 61.8 Å². The Hall–Kier alpha value is -0.380. The summed E-state index contributed by atoms with van der Waals surface area (Å²) in [6, 6.07) is 9.22. The molecule has 1 unspecified atom stereocenters. The van der Waals surface area contributed by atoms with E-state index in [1.54, 1.807) is 0 Å². The third-order valence-corrected chi connectivity index (χ3v) is 5.99. The SMILES string of the molecule is CCC1(CC)CNC(C(C)C)CN1Cc1ccccc1Br. The molecule has 1 atom stereocenters. The summed E-state index contributed by atoms with van der Waals surface area (Å²) in [5.41, 5.74) is 1.69. The van der Waals surface area contributed by atoms with E-state index in [-0.39, 0.29) is 0 Å². The number of hydrogen-bond donors (Lipinski definition) is 1. The number of halogens is 1. The molecule has 2 rings (SSSR count). The summed E-state index contributed by atoms with van der Waals surface area (Å²) >= 11 is 3.71. The highest BCUT2D eigenvalue weighted by molar-refractivity contribution is 9.10. The predicted octanol–water partition coefficient (Wildman–Crippen LogP) is 4.44. The molecule has 1 heterocycles. The van der Waals surface area contributed by atoms with Crippen molar-refractivity contribution in [3.8, 4) is 0 Å². The molecule has 1 aliphatic heterocycles. The van der Waals surface area contributed by atoms with E-state index in [0.29, 0.717) is 17.5 Å². The molecule has 1 N–H and O–H groups in total. The monoisotopic (exact) mass is 352 g/mol. The summed E-state index contributed by atoms with van der Waals surface area (Å²) in [7, 11) is 0. The predicted molar refractivity (Wildman–Crippen MR) is 94.5 cm³/mol. The van der Waals surface area contributed by atoms with Crippen molar-refractivity contribution in [2.75, 3.05) is 13.1 Å². The number of hydrogen-bond acceptors (Lipinski definition) is 2. The van der Waals surface area contributed by atoms with Gasteiger partial charge in [-0.25, -0.2) is 0 Å². The van der Waals surface area contributed by atoms with Crippen LogP contribution in [0.3, 0.4) is 0 Å². The highest BCUT2D eigenvalue weighted by Gasteiger charge is 2.39. The van der Waals surface area contributed by atoms with Gasteiger partial charge in [0.05, 0.1) is 0 Å². The molecule has 0 aromatic heterocycles. The van der Waals surface area contributed by atoms with Gasteiger partial charge >= 0.3 is 0 Å². The summed E-state index contributed by atoms with van der Waals surface area (Å²) < 4.78 is 1.23. The molecule has 0 saturated carbocycles. The second-order valence-electron chi connectivity index (χ2n) is 6.63. The molecule has 1 aliphatic rings. The Kier molecular flexibility index (Phi) is 5.87. The maximum Gasteiger partial charge on any atom is 0.0333 e. The van der Waals surface area contributed by atoms with Crippen molar-refractivity contribution in [2.24, 2.45) is 5.92 Å². The van der Waals surface area contributed by atoms with Crippen LogP contribution in [0.15, 0.2) is 28.7 Å². The van der Waals surface area contributed by atoms with Crippen LogP contribution in [-0.4, -0.2) is 29.6 Å². The van der Waals surface area contributed by atoms with Crippen molar-refractivity contribution in [1.29, 1.82) is 0 Å². The Morgan fingerprint density at radius 1 is 1.29 bits per heavy atom. The fourth-order valence-corrected chi connectivity index (χ4v) is 3.80. The van der Waals surface area contributed by atoms with E-state index in [9.17, 15) is 0 Å². The maximum absolute atomic E-state index is 3.79. The summed E-state index contributed by atoms with van der Waals surface area (Å²) in [6.45, 7) is 12.6. The highest BCUT2D eigenvalue weighted by atomic mass is 79.9. The molecule has 3 heteroatoms. The fourth-order valence-electron chi connectivity index (χ4n) is 3.39. The van der Waals surface area contributed by atoms with Crippen LogP contribution in [-0.2, 0) is 6.54 Å². The van der Waals surface area contributed by atoms with Gasteiger partial charge in [-0.15, -0.1) is 0 Å². The molecule has 118 valence electrons. The van der Waals surface area contributed by atoms with Crippen LogP contribution in [0.25, 0.3) is 0 Å². The lowest BCUT2D eigenvalue weighted by Gasteiger charge is -2.50. The van der Waals surface area contributed by atoms with Gasteiger partial charge in [0.15, 0.2) is 0 Å². The lowest BCUT2D eigenvalue weighted by molar-refractivity contribution is 0.0154. The first-order chi connectivity index (χ1) is 10.0. The van der Waals surface area contributed by atoms with Gasteiger partial charge < -0.3 is 5.32 Å². The van der Waals surface area contributed by atoms with E-state index in [2.05, 4.69) is 78.1 Å². The van der Waals surface area contributed by atoms with Crippen molar-refractivity contribution in [1.82, 2.24) is 10.2 Å². The maximum atomic E-state index is 3.79. The zero-order valence-corrected chi connectivity index (χ0v) is 15.4. The first kappa shape index (κ1) is 17.0. The lowest BCUT2D eigenvalue weighted by Crippen LogP contribution is -2.64. The van der Waals surface area contributed by atoms with E-state index in [0.717, 1.165) is 19.6 Å². The first-order valence-corrected chi connectivity index (χ1v) is 9.03. The van der Waals surface area contributed by atoms with Crippen LogP contribution in [0.2, 0.25) is 0 Å². The summed E-state index contributed by atoms with van der Waals surface area (Å²) in [5.74, 6) is 0.679. The molecule has 0 spiro atoms. The number of nitrogens with zero attached hydrogens (tertiary/aromatic N) is 1. The van der Waals surface area contributed by atoms with Gasteiger partial charge in [0, 0.05) is 35.7 Å². The van der Waals surface area contributed by atoms with Gasteiger partial charge in [-0.3, -0.25) is 4.90 Å². The van der Waals surface area contributed by atoms with Crippen molar-refractivity contribution in [3.63, 3.8) is 0 Å². The molecule has 1 aromatic carbocycles. The minimum absolute atomic E-state index is 0.292. The molecule has 0 amide bonds. The topological polar surface area (TPSA) is 15.3 Å². The minimum atomic E-state index is 0.292. The molecule has 0 aliphatic carbocycles. The van der Waals surface area contributed by atoms with E-state index in [1.807, 2.05) is 0 Å². The second-order valence-corrected chi connectivity index (χ2v) is 7.49. The van der Waals surface area contributed by atoms with Gasteiger partial charge in [-0.2, -0.15) is 0 Å². The number of piperazine rings is 1. The average Bonchev–Trinajstić information content (AvgIpc) is 2.49. The normalized spacial score (nSPS) is 22.7. The van der Waals surface area contributed by atoms with E-state index in [4.69, 9.17) is 0 Å². The standard InChI is InChI=1S/C18H29BrN2/c1-5-18(6-2)13-20-17(14(3)4)12-21(18)11-15-9-7-8-10-16(15)19/h7-10,14,17,20H,5-6,11-13H2,1-4H3. The van der Waals surface area contributed by atoms with Gasteiger partial charge in [-0.05, 0) is 30.4 Å². The Balaban J connectivity index is 2.23.